The summed E-state index contributed by atoms with van der Waals surface area (Å²) in [5, 5.41) is 9.43. The summed E-state index contributed by atoms with van der Waals surface area (Å²) in [6.07, 6.45) is 0.703. The van der Waals surface area contributed by atoms with Crippen molar-refractivity contribution >= 4 is 22.9 Å². The van der Waals surface area contributed by atoms with Crippen LogP contribution >= 0.6 is 11.3 Å². The van der Waals surface area contributed by atoms with Crippen LogP contribution in [0.2, 0.25) is 0 Å². The van der Waals surface area contributed by atoms with Gasteiger partial charge in [-0.1, -0.05) is 12.1 Å². The number of phenolic OH excluding ortho intramolecular Hbond substituents is 1. The molecule has 1 heterocycles. The van der Waals surface area contributed by atoms with Crippen molar-refractivity contribution in [1.82, 2.24) is 0 Å². The molecule has 0 aliphatic rings. The number of hydrogen-bond donors (Lipinski definition) is 1. The fraction of sp³-hybridized carbons (Fsp3) is 0.261. The van der Waals surface area contributed by atoms with Gasteiger partial charge in [0.1, 0.15) is 5.75 Å². The molecule has 0 spiro atoms. The third kappa shape index (κ3) is 4.52. The van der Waals surface area contributed by atoms with Crippen molar-refractivity contribution in [1.29, 1.82) is 0 Å². The molecular formula is C23H25NO5S. The molecule has 0 aliphatic carbocycles. The van der Waals surface area contributed by atoms with E-state index in [1.165, 1.54) is 11.3 Å². The highest BCUT2D eigenvalue weighted by Gasteiger charge is 2.22. The first-order valence-electron chi connectivity index (χ1n) is 9.49. The lowest BCUT2D eigenvalue weighted by Gasteiger charge is -2.23. The van der Waals surface area contributed by atoms with E-state index in [0.29, 0.717) is 40.8 Å². The number of carbonyl (C=O) groups is 1. The molecular weight excluding hydrogens is 402 g/mol. The lowest BCUT2D eigenvalue weighted by molar-refractivity contribution is 0.0992. The zero-order valence-electron chi connectivity index (χ0n) is 17.5. The van der Waals surface area contributed by atoms with Crippen molar-refractivity contribution in [2.75, 3.05) is 32.8 Å². The van der Waals surface area contributed by atoms with Gasteiger partial charge in [-0.05, 0) is 36.8 Å². The third-order valence-electron chi connectivity index (χ3n) is 4.71. The fourth-order valence-corrected chi connectivity index (χ4v) is 4.19. The predicted molar refractivity (Wildman–Crippen MR) is 119 cm³/mol. The number of carbonyl (C=O) groups excluding carboxylic acids is 1. The number of aromatic hydroxyl groups is 1. The van der Waals surface area contributed by atoms with Gasteiger partial charge >= 0.3 is 0 Å². The van der Waals surface area contributed by atoms with Gasteiger partial charge in [0.05, 0.1) is 31.9 Å². The Morgan fingerprint density at radius 3 is 2.13 bits per heavy atom. The molecule has 0 saturated heterocycles. The molecule has 0 fully saturated rings. The van der Waals surface area contributed by atoms with E-state index in [1.807, 2.05) is 31.2 Å². The minimum Gasteiger partial charge on any atom is -0.508 e. The number of thiophene rings is 1. The summed E-state index contributed by atoms with van der Waals surface area (Å²) in [7, 11) is 4.65. The average molecular weight is 428 g/mol. The molecule has 0 radical (unpaired) electrons. The molecule has 158 valence electrons. The van der Waals surface area contributed by atoms with E-state index in [0.717, 1.165) is 10.4 Å². The van der Waals surface area contributed by atoms with Crippen LogP contribution in [0.25, 0.3) is 0 Å². The minimum absolute atomic E-state index is 0.0891. The maximum absolute atomic E-state index is 13.2. The Balaban J connectivity index is 1.86. The number of amides is 1. The molecule has 0 atom stereocenters. The van der Waals surface area contributed by atoms with E-state index in [4.69, 9.17) is 14.2 Å². The molecule has 0 aliphatic heterocycles. The van der Waals surface area contributed by atoms with E-state index in [9.17, 15) is 9.90 Å². The van der Waals surface area contributed by atoms with Crippen LogP contribution in [0.15, 0.2) is 48.5 Å². The monoisotopic (exact) mass is 427 g/mol. The molecule has 1 amide bonds. The second-order valence-electron chi connectivity index (χ2n) is 6.54. The molecule has 2 aromatic carbocycles. The lowest BCUT2D eigenvalue weighted by atomic mass is 10.1. The summed E-state index contributed by atoms with van der Waals surface area (Å²) in [6.45, 7) is 2.41. The van der Waals surface area contributed by atoms with E-state index >= 15 is 0 Å². The normalized spacial score (nSPS) is 10.5. The molecule has 1 aromatic heterocycles. The number of anilines is 1. The van der Waals surface area contributed by atoms with Crippen LogP contribution in [-0.2, 0) is 6.42 Å². The highest BCUT2D eigenvalue weighted by atomic mass is 32.1. The van der Waals surface area contributed by atoms with Gasteiger partial charge in [-0.25, -0.2) is 0 Å². The molecule has 0 saturated carbocycles. The standard InChI is InChI=1S/C23H25NO5S/c1-5-24(16-13-19(27-2)22(29-4)20(14-16)28-3)23(26)21-11-10-18(30-21)12-15-6-8-17(25)9-7-15/h6-11,13-14,25H,5,12H2,1-4H3. The third-order valence-corrected chi connectivity index (χ3v) is 5.78. The SMILES string of the molecule is CCN(C(=O)c1ccc(Cc2ccc(O)cc2)s1)c1cc(OC)c(OC)c(OC)c1. The smallest absolute Gasteiger partial charge is 0.268 e. The number of phenols is 1. The van der Waals surface area contributed by atoms with Gasteiger partial charge in [0.25, 0.3) is 5.91 Å². The molecule has 3 rings (SSSR count). The van der Waals surface area contributed by atoms with Crippen LogP contribution in [0.4, 0.5) is 5.69 Å². The first-order valence-corrected chi connectivity index (χ1v) is 10.3. The van der Waals surface area contributed by atoms with Crippen LogP contribution in [0.3, 0.4) is 0 Å². The van der Waals surface area contributed by atoms with Crippen molar-refractivity contribution in [2.24, 2.45) is 0 Å². The molecule has 7 heteroatoms. The summed E-state index contributed by atoms with van der Waals surface area (Å²) in [4.78, 5) is 16.6. The minimum atomic E-state index is -0.0891. The number of nitrogens with zero attached hydrogens (tertiary/aromatic N) is 1. The molecule has 1 N–H and O–H groups in total. The Morgan fingerprint density at radius 2 is 1.60 bits per heavy atom. The Labute approximate surface area is 180 Å². The average Bonchev–Trinajstić information content (AvgIpc) is 3.23. The van der Waals surface area contributed by atoms with E-state index < -0.39 is 0 Å². The number of rotatable bonds is 8. The molecule has 0 unspecified atom stereocenters. The zero-order valence-corrected chi connectivity index (χ0v) is 18.3. The fourth-order valence-electron chi connectivity index (χ4n) is 3.20. The van der Waals surface area contributed by atoms with Crippen LogP contribution in [0.1, 0.15) is 27.0 Å². The highest BCUT2D eigenvalue weighted by molar-refractivity contribution is 7.14. The maximum atomic E-state index is 13.2. The van der Waals surface area contributed by atoms with Crippen LogP contribution in [0, 0.1) is 0 Å². The van der Waals surface area contributed by atoms with Crippen molar-refractivity contribution < 1.29 is 24.1 Å². The van der Waals surface area contributed by atoms with Crippen LogP contribution in [0.5, 0.6) is 23.0 Å². The van der Waals surface area contributed by atoms with Gasteiger partial charge in [-0.3, -0.25) is 4.79 Å². The lowest BCUT2D eigenvalue weighted by Crippen LogP contribution is -2.30. The zero-order chi connectivity index (χ0) is 21.7. The van der Waals surface area contributed by atoms with Crippen molar-refractivity contribution in [3.05, 3.63) is 63.8 Å². The summed E-state index contributed by atoms with van der Waals surface area (Å²) < 4.78 is 16.2. The van der Waals surface area contributed by atoms with Crippen molar-refractivity contribution in [2.45, 2.75) is 13.3 Å². The Morgan fingerprint density at radius 1 is 0.967 bits per heavy atom. The van der Waals surface area contributed by atoms with Crippen molar-refractivity contribution in [3.63, 3.8) is 0 Å². The highest BCUT2D eigenvalue weighted by Crippen LogP contribution is 2.41. The van der Waals surface area contributed by atoms with E-state index in [-0.39, 0.29) is 11.7 Å². The second-order valence-corrected chi connectivity index (χ2v) is 7.71. The van der Waals surface area contributed by atoms with Gasteiger partial charge in [-0.2, -0.15) is 0 Å². The number of methoxy groups -OCH3 is 3. The Bertz CT molecular complexity index is 988. The summed E-state index contributed by atoms with van der Waals surface area (Å²) in [5.74, 6) is 1.63. The Hall–Kier alpha value is -3.19. The Kier molecular flexibility index (Phi) is 6.84. The first kappa shape index (κ1) is 21.5. The molecule has 30 heavy (non-hydrogen) atoms. The predicted octanol–water partition coefficient (Wildman–Crippen LogP) is 4.74. The summed E-state index contributed by atoms with van der Waals surface area (Å²) >= 11 is 1.47. The van der Waals surface area contributed by atoms with E-state index in [1.54, 1.807) is 50.5 Å². The topological polar surface area (TPSA) is 68.2 Å². The first-order chi connectivity index (χ1) is 14.5. The van der Waals surface area contributed by atoms with Gasteiger partial charge in [0, 0.05) is 30.0 Å². The number of benzene rings is 2. The summed E-state index contributed by atoms with van der Waals surface area (Å²) in [6, 6.07) is 14.4. The van der Waals surface area contributed by atoms with Gasteiger partial charge < -0.3 is 24.2 Å². The maximum Gasteiger partial charge on any atom is 0.268 e. The number of ether oxygens (including phenoxy) is 3. The van der Waals surface area contributed by atoms with Gasteiger partial charge in [0.2, 0.25) is 5.75 Å². The second kappa shape index (κ2) is 9.54. The van der Waals surface area contributed by atoms with Gasteiger partial charge in [-0.15, -0.1) is 11.3 Å². The van der Waals surface area contributed by atoms with Crippen LogP contribution < -0.4 is 19.1 Å². The van der Waals surface area contributed by atoms with Gasteiger partial charge in [0.15, 0.2) is 11.5 Å². The summed E-state index contributed by atoms with van der Waals surface area (Å²) in [5.41, 5.74) is 1.75. The quantitative estimate of drug-likeness (QED) is 0.563. The molecule has 0 bridgehead atoms. The van der Waals surface area contributed by atoms with E-state index in [2.05, 4.69) is 0 Å². The van der Waals surface area contributed by atoms with Crippen LogP contribution in [-0.4, -0.2) is 38.9 Å². The molecule has 3 aromatic rings. The largest absolute Gasteiger partial charge is 0.508 e. The molecule has 6 nitrogen and oxygen atoms in total. The number of hydrogen-bond acceptors (Lipinski definition) is 6. The van der Waals surface area contributed by atoms with Crippen molar-refractivity contribution in [3.8, 4) is 23.0 Å².